The fourth-order valence-corrected chi connectivity index (χ4v) is 3.42. The molecule has 30 heavy (non-hydrogen) atoms. The lowest BCUT2D eigenvalue weighted by Gasteiger charge is -2.19. The van der Waals surface area contributed by atoms with Crippen LogP contribution < -0.4 is 9.47 Å². The largest absolute Gasteiger partial charge is 0.497 e. The van der Waals surface area contributed by atoms with Crippen LogP contribution in [0.2, 0.25) is 0 Å². The number of hydrogen-bond acceptors (Lipinski definition) is 3. The second-order valence-electron chi connectivity index (χ2n) is 7.36. The summed E-state index contributed by atoms with van der Waals surface area (Å²) in [6.45, 7) is 2.01. The Morgan fingerprint density at radius 3 is 2.00 bits per heavy atom. The zero-order chi connectivity index (χ0) is 20.9. The minimum atomic E-state index is -0.0225. The second kappa shape index (κ2) is 8.83. The van der Waals surface area contributed by atoms with Gasteiger partial charge in [-0.3, -0.25) is 4.79 Å². The van der Waals surface area contributed by atoms with Gasteiger partial charge in [0, 0.05) is 17.5 Å². The highest BCUT2D eigenvalue weighted by Gasteiger charge is 2.13. The molecule has 0 N–H and O–H groups in total. The van der Waals surface area contributed by atoms with Crippen LogP contribution >= 0.6 is 0 Å². The summed E-state index contributed by atoms with van der Waals surface area (Å²) in [5, 5.41) is 0. The number of aryl methyl sites for hydroxylation is 1. The molecule has 4 rings (SSSR count). The van der Waals surface area contributed by atoms with Crippen LogP contribution in [0.5, 0.6) is 11.5 Å². The van der Waals surface area contributed by atoms with E-state index in [4.69, 9.17) is 9.47 Å². The van der Waals surface area contributed by atoms with E-state index in [1.807, 2.05) is 67.6 Å². The molecule has 1 atom stereocenters. The fraction of sp³-hybridized carbons (Fsp3) is 0.148. The van der Waals surface area contributed by atoms with Crippen molar-refractivity contribution in [3.05, 3.63) is 113 Å². The quantitative estimate of drug-likeness (QED) is 0.478. The molecule has 0 heterocycles. The highest BCUT2D eigenvalue weighted by Crippen LogP contribution is 2.26. The van der Waals surface area contributed by atoms with Gasteiger partial charge in [0.25, 0.3) is 0 Å². The lowest BCUT2D eigenvalue weighted by Crippen LogP contribution is -2.14. The van der Waals surface area contributed by atoms with Crippen molar-refractivity contribution in [3.63, 3.8) is 0 Å². The summed E-state index contributed by atoms with van der Waals surface area (Å²) in [5.41, 5.74) is 4.83. The summed E-state index contributed by atoms with van der Waals surface area (Å²) in [6.07, 6.45) is 7.12. The SMILES string of the molecule is COc1ccc(C2=CCC(Oc3ccc(C(=O)c4ccc(C)cc4)cc3)C=C2)cc1. The zero-order valence-corrected chi connectivity index (χ0v) is 17.2. The molecule has 0 bridgehead atoms. The molecular weight excluding hydrogens is 372 g/mol. The lowest BCUT2D eigenvalue weighted by atomic mass is 9.98. The van der Waals surface area contributed by atoms with E-state index in [0.29, 0.717) is 11.1 Å². The molecule has 0 saturated heterocycles. The molecule has 3 aromatic carbocycles. The van der Waals surface area contributed by atoms with Crippen LogP contribution in [0.15, 0.2) is 91.0 Å². The van der Waals surface area contributed by atoms with Crippen LogP contribution in [0.3, 0.4) is 0 Å². The minimum Gasteiger partial charge on any atom is -0.497 e. The Kier molecular flexibility index (Phi) is 5.80. The van der Waals surface area contributed by atoms with Gasteiger partial charge in [-0.25, -0.2) is 0 Å². The Morgan fingerprint density at radius 2 is 1.43 bits per heavy atom. The summed E-state index contributed by atoms with van der Waals surface area (Å²) >= 11 is 0. The Labute approximate surface area is 177 Å². The first-order valence-corrected chi connectivity index (χ1v) is 10.0. The number of ether oxygens (including phenoxy) is 2. The molecule has 3 heteroatoms. The maximum atomic E-state index is 12.6. The second-order valence-corrected chi connectivity index (χ2v) is 7.36. The molecule has 150 valence electrons. The number of rotatable bonds is 6. The highest BCUT2D eigenvalue weighted by molar-refractivity contribution is 6.09. The third-order valence-corrected chi connectivity index (χ3v) is 5.20. The Balaban J connectivity index is 1.37. The Bertz CT molecular complexity index is 1070. The molecular formula is C27H24O3. The number of carbonyl (C=O) groups is 1. The summed E-state index contributed by atoms with van der Waals surface area (Å²) in [4.78, 5) is 12.6. The summed E-state index contributed by atoms with van der Waals surface area (Å²) in [7, 11) is 1.67. The average molecular weight is 396 g/mol. The Morgan fingerprint density at radius 1 is 0.833 bits per heavy atom. The van der Waals surface area contributed by atoms with Crippen LogP contribution in [0.1, 0.15) is 33.5 Å². The zero-order valence-electron chi connectivity index (χ0n) is 17.2. The van der Waals surface area contributed by atoms with Crippen molar-refractivity contribution in [1.82, 2.24) is 0 Å². The summed E-state index contributed by atoms with van der Waals surface area (Å²) in [5.74, 6) is 1.63. The van der Waals surface area contributed by atoms with E-state index in [0.717, 1.165) is 29.0 Å². The van der Waals surface area contributed by atoms with Crippen LogP contribution in [-0.4, -0.2) is 19.0 Å². The molecule has 0 aromatic heterocycles. The molecule has 0 amide bonds. The molecule has 0 spiro atoms. The van der Waals surface area contributed by atoms with E-state index in [2.05, 4.69) is 30.4 Å². The summed E-state index contributed by atoms with van der Waals surface area (Å²) < 4.78 is 11.3. The summed E-state index contributed by atoms with van der Waals surface area (Å²) in [6, 6.07) is 23.0. The van der Waals surface area contributed by atoms with Crippen molar-refractivity contribution in [3.8, 4) is 11.5 Å². The van der Waals surface area contributed by atoms with E-state index in [-0.39, 0.29) is 11.9 Å². The third-order valence-electron chi connectivity index (χ3n) is 5.20. The first-order valence-electron chi connectivity index (χ1n) is 10.0. The fourth-order valence-electron chi connectivity index (χ4n) is 3.42. The van der Waals surface area contributed by atoms with Gasteiger partial charge < -0.3 is 9.47 Å². The van der Waals surface area contributed by atoms with Crippen LogP contribution in [-0.2, 0) is 0 Å². The monoisotopic (exact) mass is 396 g/mol. The maximum absolute atomic E-state index is 12.6. The van der Waals surface area contributed by atoms with E-state index in [1.165, 1.54) is 5.57 Å². The first-order chi connectivity index (χ1) is 14.6. The van der Waals surface area contributed by atoms with Crippen molar-refractivity contribution in [2.24, 2.45) is 0 Å². The number of allylic oxidation sites excluding steroid dienone is 2. The molecule has 0 radical (unpaired) electrons. The number of methoxy groups -OCH3 is 1. The minimum absolute atomic E-state index is 0.0196. The first kappa shape index (κ1) is 19.7. The van der Waals surface area contributed by atoms with E-state index < -0.39 is 0 Å². The topological polar surface area (TPSA) is 35.5 Å². The number of hydrogen-bond donors (Lipinski definition) is 0. The van der Waals surface area contributed by atoms with Gasteiger partial charge >= 0.3 is 0 Å². The van der Waals surface area contributed by atoms with Crippen LogP contribution in [0.25, 0.3) is 5.57 Å². The van der Waals surface area contributed by atoms with Crippen molar-refractivity contribution in [1.29, 1.82) is 0 Å². The molecule has 1 aliphatic carbocycles. The number of benzene rings is 3. The van der Waals surface area contributed by atoms with E-state index in [9.17, 15) is 4.79 Å². The molecule has 3 aromatic rings. The molecule has 3 nitrogen and oxygen atoms in total. The average Bonchev–Trinajstić information content (AvgIpc) is 2.80. The van der Waals surface area contributed by atoms with Crippen molar-refractivity contribution < 1.29 is 14.3 Å². The van der Waals surface area contributed by atoms with Gasteiger partial charge in [0.1, 0.15) is 17.6 Å². The highest BCUT2D eigenvalue weighted by atomic mass is 16.5. The predicted molar refractivity (Wildman–Crippen MR) is 120 cm³/mol. The van der Waals surface area contributed by atoms with Gasteiger partial charge in [-0.1, -0.05) is 54.1 Å². The van der Waals surface area contributed by atoms with Gasteiger partial charge in [-0.05, 0) is 60.5 Å². The van der Waals surface area contributed by atoms with Gasteiger partial charge in [0.15, 0.2) is 5.78 Å². The number of carbonyl (C=O) groups excluding carboxylic acids is 1. The van der Waals surface area contributed by atoms with Crippen LogP contribution in [0, 0.1) is 6.92 Å². The Hall–Kier alpha value is -3.59. The maximum Gasteiger partial charge on any atom is 0.193 e. The van der Waals surface area contributed by atoms with E-state index >= 15 is 0 Å². The molecule has 0 fully saturated rings. The molecule has 1 aliphatic rings. The lowest BCUT2D eigenvalue weighted by molar-refractivity contribution is 0.103. The van der Waals surface area contributed by atoms with Crippen molar-refractivity contribution in [2.45, 2.75) is 19.4 Å². The predicted octanol–water partition coefficient (Wildman–Crippen LogP) is 6.03. The smallest absolute Gasteiger partial charge is 0.193 e. The normalized spacial score (nSPS) is 15.4. The van der Waals surface area contributed by atoms with Gasteiger partial charge in [0.05, 0.1) is 7.11 Å². The number of ketones is 1. The van der Waals surface area contributed by atoms with Crippen molar-refractivity contribution >= 4 is 11.4 Å². The van der Waals surface area contributed by atoms with Gasteiger partial charge in [0.2, 0.25) is 0 Å². The van der Waals surface area contributed by atoms with Gasteiger partial charge in [-0.2, -0.15) is 0 Å². The van der Waals surface area contributed by atoms with Crippen LogP contribution in [0.4, 0.5) is 0 Å². The molecule has 1 unspecified atom stereocenters. The molecule has 0 aliphatic heterocycles. The van der Waals surface area contributed by atoms with Crippen molar-refractivity contribution in [2.75, 3.05) is 7.11 Å². The standard InChI is InChI=1S/C27H24O3/c1-19-3-5-22(6-4-19)27(28)23-11-17-26(18-12-23)30-25-15-9-21(10-16-25)20-7-13-24(29-2)14-8-20/h3-15,17-18,25H,16H2,1-2H3. The van der Waals surface area contributed by atoms with Gasteiger partial charge in [-0.15, -0.1) is 0 Å². The van der Waals surface area contributed by atoms with E-state index in [1.54, 1.807) is 7.11 Å². The third kappa shape index (κ3) is 4.52. The molecule has 0 saturated carbocycles.